The molecule has 0 N–H and O–H groups in total. The van der Waals surface area contributed by atoms with Crippen LogP contribution in [0.4, 0.5) is 11.4 Å². The van der Waals surface area contributed by atoms with Crippen LogP contribution in [0.1, 0.15) is 19.8 Å². The number of rotatable bonds is 10. The fourth-order valence-corrected chi connectivity index (χ4v) is 2.72. The number of unbranched alkanes of at least 4 members (excludes halogenated alkanes) is 1. The summed E-state index contributed by atoms with van der Waals surface area (Å²) in [7, 11) is 8.42. The Kier molecular flexibility index (Phi) is 7.46. The third-order valence-electron chi connectivity index (χ3n) is 4.33. The monoisotopic (exact) mass is 375 g/mol. The van der Waals surface area contributed by atoms with E-state index in [0.717, 1.165) is 30.0 Å². The summed E-state index contributed by atoms with van der Waals surface area (Å²) in [5, 5.41) is 0. The maximum absolute atomic E-state index is 5.90. The number of benzene rings is 2. The van der Waals surface area contributed by atoms with Gasteiger partial charge in [0.05, 0.1) is 35.0 Å². The minimum absolute atomic E-state index is 0.565. The van der Waals surface area contributed by atoms with Gasteiger partial charge in [0.15, 0.2) is 23.0 Å². The second-order valence-electron chi connectivity index (χ2n) is 5.98. The zero-order valence-electron chi connectivity index (χ0n) is 17.0. The van der Waals surface area contributed by atoms with Gasteiger partial charge in [0, 0.05) is 36.6 Å². The van der Waals surface area contributed by atoms with E-state index in [1.165, 1.54) is 0 Å². The van der Waals surface area contributed by atoms with Crippen LogP contribution in [0.5, 0.6) is 28.7 Å². The maximum Gasteiger partial charge on any atom is 0.203 e. The van der Waals surface area contributed by atoms with Crippen LogP contribution in [-0.4, -0.2) is 42.1 Å². The zero-order chi connectivity index (χ0) is 19.8. The number of methoxy groups -OCH3 is 4. The van der Waals surface area contributed by atoms with E-state index in [1.807, 2.05) is 42.3 Å². The summed E-state index contributed by atoms with van der Waals surface area (Å²) in [6.45, 7) is 2.79. The first-order chi connectivity index (χ1) is 13.1. The van der Waals surface area contributed by atoms with Gasteiger partial charge in [-0.3, -0.25) is 0 Å². The molecule has 0 fully saturated rings. The van der Waals surface area contributed by atoms with E-state index >= 15 is 0 Å². The molecule has 148 valence electrons. The lowest BCUT2D eigenvalue weighted by molar-refractivity contribution is 0.288. The van der Waals surface area contributed by atoms with E-state index in [-0.39, 0.29) is 0 Å². The van der Waals surface area contributed by atoms with E-state index < -0.39 is 0 Å². The van der Waals surface area contributed by atoms with Crippen molar-refractivity contribution in [2.45, 2.75) is 19.8 Å². The van der Waals surface area contributed by atoms with Gasteiger partial charge in [0.25, 0.3) is 0 Å². The molecular formula is C21H29NO5. The average Bonchev–Trinajstić information content (AvgIpc) is 2.72. The van der Waals surface area contributed by atoms with Crippen molar-refractivity contribution in [2.75, 3.05) is 47.0 Å². The highest BCUT2D eigenvalue weighted by Gasteiger charge is 2.17. The van der Waals surface area contributed by atoms with Crippen molar-refractivity contribution in [1.29, 1.82) is 0 Å². The van der Waals surface area contributed by atoms with Crippen molar-refractivity contribution in [2.24, 2.45) is 0 Å². The molecule has 0 unspecified atom stereocenters. The smallest absolute Gasteiger partial charge is 0.203 e. The van der Waals surface area contributed by atoms with Gasteiger partial charge in [-0.25, -0.2) is 0 Å². The van der Waals surface area contributed by atoms with E-state index in [1.54, 1.807) is 28.4 Å². The highest BCUT2D eigenvalue weighted by Crippen LogP contribution is 2.43. The second-order valence-corrected chi connectivity index (χ2v) is 5.98. The van der Waals surface area contributed by atoms with Crippen LogP contribution in [0.3, 0.4) is 0 Å². The predicted octanol–water partition coefficient (Wildman–Crippen LogP) is 4.67. The highest BCUT2D eigenvalue weighted by atomic mass is 16.5. The summed E-state index contributed by atoms with van der Waals surface area (Å²) in [5.41, 5.74) is 1.85. The quantitative estimate of drug-likeness (QED) is 0.563. The summed E-state index contributed by atoms with van der Waals surface area (Å²) in [4.78, 5) is 2.02. The van der Waals surface area contributed by atoms with Crippen LogP contribution in [0.15, 0.2) is 30.3 Å². The molecular weight excluding hydrogens is 346 g/mol. The first-order valence-electron chi connectivity index (χ1n) is 8.94. The molecule has 0 heterocycles. The number of hydrogen-bond acceptors (Lipinski definition) is 6. The summed E-state index contributed by atoms with van der Waals surface area (Å²) in [5.74, 6) is 3.21. The number of nitrogens with zero attached hydrogens (tertiary/aromatic N) is 1. The van der Waals surface area contributed by atoms with Crippen molar-refractivity contribution in [1.82, 2.24) is 0 Å². The Morgan fingerprint density at radius 2 is 1.33 bits per heavy atom. The summed E-state index contributed by atoms with van der Waals surface area (Å²) < 4.78 is 27.6. The molecule has 6 nitrogen and oxygen atoms in total. The molecule has 2 rings (SSSR count). The van der Waals surface area contributed by atoms with Gasteiger partial charge < -0.3 is 28.6 Å². The van der Waals surface area contributed by atoms with Gasteiger partial charge in [-0.1, -0.05) is 13.3 Å². The zero-order valence-corrected chi connectivity index (χ0v) is 17.0. The lowest BCUT2D eigenvalue weighted by Gasteiger charge is -2.23. The fraction of sp³-hybridized carbons (Fsp3) is 0.429. The van der Waals surface area contributed by atoms with E-state index in [0.29, 0.717) is 29.6 Å². The fourth-order valence-electron chi connectivity index (χ4n) is 2.72. The Morgan fingerprint density at radius 3 is 1.85 bits per heavy atom. The normalized spacial score (nSPS) is 10.3. The van der Waals surface area contributed by atoms with Crippen molar-refractivity contribution in [3.63, 3.8) is 0 Å². The first-order valence-corrected chi connectivity index (χ1v) is 8.94. The molecule has 0 aromatic heterocycles. The Labute approximate surface area is 161 Å². The molecule has 0 bridgehead atoms. The average molecular weight is 375 g/mol. The minimum Gasteiger partial charge on any atom is -0.493 e. The molecule has 0 saturated heterocycles. The van der Waals surface area contributed by atoms with Crippen molar-refractivity contribution < 1.29 is 23.7 Å². The summed E-state index contributed by atoms with van der Waals surface area (Å²) in [6, 6.07) is 9.67. The minimum atomic E-state index is 0.565. The standard InChI is InChI=1S/C21H29NO5/c1-7-8-11-27-18-12-15(9-10-17(18)23-3)22(2)16-13-19(24-4)21(26-6)20(14-16)25-5/h9-10,12-14H,7-8,11H2,1-6H3. The van der Waals surface area contributed by atoms with Gasteiger partial charge in [0.1, 0.15) is 0 Å². The van der Waals surface area contributed by atoms with E-state index in [4.69, 9.17) is 23.7 Å². The van der Waals surface area contributed by atoms with Crippen LogP contribution in [-0.2, 0) is 0 Å². The number of hydrogen-bond donors (Lipinski definition) is 0. The molecule has 6 heteroatoms. The van der Waals surface area contributed by atoms with Crippen molar-refractivity contribution in [3.8, 4) is 28.7 Å². The molecule has 2 aromatic rings. The molecule has 0 aliphatic carbocycles. The van der Waals surface area contributed by atoms with E-state index in [2.05, 4.69) is 6.92 Å². The second kappa shape index (κ2) is 9.80. The van der Waals surface area contributed by atoms with Crippen LogP contribution in [0.25, 0.3) is 0 Å². The lowest BCUT2D eigenvalue weighted by atomic mass is 10.2. The largest absolute Gasteiger partial charge is 0.493 e. The van der Waals surface area contributed by atoms with Gasteiger partial charge in [-0.2, -0.15) is 0 Å². The van der Waals surface area contributed by atoms with Crippen LogP contribution < -0.4 is 28.6 Å². The third-order valence-corrected chi connectivity index (χ3v) is 4.33. The highest BCUT2D eigenvalue weighted by molar-refractivity contribution is 5.71. The number of anilines is 2. The molecule has 0 aliphatic heterocycles. The molecule has 2 aromatic carbocycles. The van der Waals surface area contributed by atoms with Gasteiger partial charge in [0.2, 0.25) is 5.75 Å². The van der Waals surface area contributed by atoms with Crippen LogP contribution in [0.2, 0.25) is 0 Å². The molecule has 27 heavy (non-hydrogen) atoms. The Balaban J connectivity index is 2.39. The molecule has 0 saturated carbocycles. The molecule has 0 aliphatic rings. The van der Waals surface area contributed by atoms with Gasteiger partial charge in [-0.15, -0.1) is 0 Å². The predicted molar refractivity (Wildman–Crippen MR) is 108 cm³/mol. The molecule has 0 atom stereocenters. The molecule has 0 spiro atoms. The number of ether oxygens (including phenoxy) is 5. The van der Waals surface area contributed by atoms with Crippen molar-refractivity contribution >= 4 is 11.4 Å². The summed E-state index contributed by atoms with van der Waals surface area (Å²) >= 11 is 0. The summed E-state index contributed by atoms with van der Waals surface area (Å²) in [6.07, 6.45) is 2.07. The van der Waals surface area contributed by atoms with Gasteiger partial charge in [-0.05, 0) is 18.6 Å². The SMILES string of the molecule is CCCCOc1cc(N(C)c2cc(OC)c(OC)c(OC)c2)ccc1OC. The van der Waals surface area contributed by atoms with Crippen LogP contribution >= 0.6 is 0 Å². The van der Waals surface area contributed by atoms with Crippen LogP contribution in [0, 0.1) is 0 Å². The Hall–Kier alpha value is -2.76. The van der Waals surface area contributed by atoms with E-state index in [9.17, 15) is 0 Å². The molecule has 0 amide bonds. The maximum atomic E-state index is 5.90. The first kappa shape index (κ1) is 20.6. The Bertz CT molecular complexity index is 722. The van der Waals surface area contributed by atoms with Crippen molar-refractivity contribution in [3.05, 3.63) is 30.3 Å². The Morgan fingerprint density at radius 1 is 0.741 bits per heavy atom. The third kappa shape index (κ3) is 4.70. The molecule has 0 radical (unpaired) electrons. The lowest BCUT2D eigenvalue weighted by Crippen LogP contribution is -2.11. The van der Waals surface area contributed by atoms with Gasteiger partial charge >= 0.3 is 0 Å². The topological polar surface area (TPSA) is 49.4 Å².